The van der Waals surface area contributed by atoms with Crippen LogP contribution >= 0.6 is 11.6 Å². The van der Waals surface area contributed by atoms with E-state index in [-0.39, 0.29) is 0 Å². The summed E-state index contributed by atoms with van der Waals surface area (Å²) in [4.78, 5) is 9.30. The minimum absolute atomic E-state index is 0.675. The van der Waals surface area contributed by atoms with Crippen molar-refractivity contribution in [2.24, 2.45) is 10.9 Å². The van der Waals surface area contributed by atoms with E-state index in [2.05, 4.69) is 32.2 Å². The van der Waals surface area contributed by atoms with Crippen molar-refractivity contribution in [3.8, 4) is 0 Å². The highest BCUT2D eigenvalue weighted by Crippen LogP contribution is 2.15. The predicted molar refractivity (Wildman–Crippen MR) is 119 cm³/mol. The van der Waals surface area contributed by atoms with Crippen molar-refractivity contribution in [3.63, 3.8) is 0 Å². The van der Waals surface area contributed by atoms with Gasteiger partial charge in [-0.1, -0.05) is 23.7 Å². The van der Waals surface area contributed by atoms with Crippen LogP contribution in [0.2, 0.25) is 5.02 Å². The molecule has 2 heterocycles. The Kier molecular flexibility index (Phi) is 9.54. The zero-order chi connectivity index (χ0) is 20.3. The number of aliphatic imine (C=N–C) groups is 1. The number of rotatable bonds is 8. The van der Waals surface area contributed by atoms with Crippen LogP contribution in [0.3, 0.4) is 0 Å². The van der Waals surface area contributed by atoms with Crippen molar-refractivity contribution < 1.29 is 9.47 Å². The first-order chi connectivity index (χ1) is 14.2. The summed E-state index contributed by atoms with van der Waals surface area (Å²) < 4.78 is 11.2. The molecule has 0 saturated carbocycles. The second-order valence-corrected chi connectivity index (χ2v) is 8.28. The standard InChI is InChI=1S/C22H35ClN4O2/c1-24-22(25-9-2-14-29-18-20-7-15-28-16-8-20)27-12-10-26(11-13-27)17-19-3-5-21(23)6-4-19/h3-6,20H,2,7-18H2,1H3,(H,24,25). The number of nitrogens with zero attached hydrogens (tertiary/aromatic N) is 3. The first-order valence-corrected chi connectivity index (χ1v) is 11.2. The zero-order valence-corrected chi connectivity index (χ0v) is 18.4. The van der Waals surface area contributed by atoms with Gasteiger partial charge in [-0.25, -0.2) is 0 Å². The summed E-state index contributed by atoms with van der Waals surface area (Å²) in [7, 11) is 1.87. The maximum absolute atomic E-state index is 5.98. The van der Waals surface area contributed by atoms with Gasteiger partial charge >= 0.3 is 0 Å². The number of ether oxygens (including phenoxy) is 2. The second-order valence-electron chi connectivity index (χ2n) is 7.85. The molecular weight excluding hydrogens is 388 g/mol. The number of hydrogen-bond donors (Lipinski definition) is 1. The van der Waals surface area contributed by atoms with Crippen LogP contribution in [0.25, 0.3) is 0 Å². The highest BCUT2D eigenvalue weighted by atomic mass is 35.5. The van der Waals surface area contributed by atoms with Gasteiger partial charge in [0.05, 0.1) is 0 Å². The minimum Gasteiger partial charge on any atom is -0.381 e. The molecule has 29 heavy (non-hydrogen) atoms. The second kappa shape index (κ2) is 12.4. The zero-order valence-electron chi connectivity index (χ0n) is 17.6. The molecule has 0 aromatic heterocycles. The van der Waals surface area contributed by atoms with Crippen molar-refractivity contribution in [2.75, 3.05) is 66.2 Å². The maximum atomic E-state index is 5.98. The maximum Gasteiger partial charge on any atom is 0.193 e. The van der Waals surface area contributed by atoms with Crippen LogP contribution in [0.4, 0.5) is 0 Å². The molecule has 1 aromatic rings. The van der Waals surface area contributed by atoms with Gasteiger partial charge in [0.1, 0.15) is 0 Å². The predicted octanol–water partition coefficient (Wildman–Crippen LogP) is 2.87. The van der Waals surface area contributed by atoms with Crippen molar-refractivity contribution in [2.45, 2.75) is 25.8 Å². The Balaban J connectivity index is 1.28. The Morgan fingerprint density at radius 1 is 1.17 bits per heavy atom. The van der Waals surface area contributed by atoms with E-state index in [4.69, 9.17) is 21.1 Å². The molecular formula is C22H35ClN4O2. The van der Waals surface area contributed by atoms with Gasteiger partial charge in [0.2, 0.25) is 0 Å². The van der Waals surface area contributed by atoms with E-state index in [1.54, 1.807) is 0 Å². The average Bonchev–Trinajstić information content (AvgIpc) is 2.76. The Morgan fingerprint density at radius 3 is 2.59 bits per heavy atom. The van der Waals surface area contributed by atoms with E-state index < -0.39 is 0 Å². The molecule has 0 amide bonds. The van der Waals surface area contributed by atoms with E-state index in [1.807, 2.05) is 19.2 Å². The molecule has 0 radical (unpaired) electrons. The van der Waals surface area contributed by atoms with Gasteiger partial charge in [0.15, 0.2) is 5.96 Å². The molecule has 162 valence electrons. The summed E-state index contributed by atoms with van der Waals surface area (Å²) in [5, 5.41) is 4.29. The normalized spacial score (nSPS) is 19.5. The fourth-order valence-electron chi connectivity index (χ4n) is 3.84. The van der Waals surface area contributed by atoms with Gasteiger partial charge in [-0.05, 0) is 42.9 Å². The van der Waals surface area contributed by atoms with Crippen LogP contribution in [-0.4, -0.2) is 82.0 Å². The summed E-state index contributed by atoms with van der Waals surface area (Å²) in [6.45, 7) is 9.38. The Labute approximate surface area is 180 Å². The topological polar surface area (TPSA) is 49.3 Å². The number of benzene rings is 1. The van der Waals surface area contributed by atoms with Gasteiger partial charge in [0.25, 0.3) is 0 Å². The number of piperazine rings is 1. The molecule has 1 aromatic carbocycles. The fraction of sp³-hybridized carbons (Fsp3) is 0.682. The van der Waals surface area contributed by atoms with Crippen LogP contribution in [0.15, 0.2) is 29.3 Å². The molecule has 3 rings (SSSR count). The summed E-state index contributed by atoms with van der Waals surface area (Å²) in [5.41, 5.74) is 1.31. The quantitative estimate of drug-likeness (QED) is 0.396. The SMILES string of the molecule is CN=C(NCCCOCC1CCOCC1)N1CCN(Cc2ccc(Cl)cc2)CC1. The lowest BCUT2D eigenvalue weighted by atomic mass is 10.0. The molecule has 7 heteroatoms. The summed E-state index contributed by atoms with van der Waals surface area (Å²) >= 11 is 5.98. The first kappa shape index (κ1) is 22.3. The van der Waals surface area contributed by atoms with Gasteiger partial charge in [-0.15, -0.1) is 0 Å². The molecule has 0 bridgehead atoms. The molecule has 0 spiro atoms. The Bertz CT molecular complexity index is 612. The molecule has 2 aliphatic heterocycles. The van der Waals surface area contributed by atoms with E-state index >= 15 is 0 Å². The molecule has 0 aliphatic carbocycles. The van der Waals surface area contributed by atoms with Crippen LogP contribution in [0.5, 0.6) is 0 Å². The van der Waals surface area contributed by atoms with Crippen LogP contribution in [0.1, 0.15) is 24.8 Å². The molecule has 2 fully saturated rings. The molecule has 2 saturated heterocycles. The summed E-state index contributed by atoms with van der Waals surface area (Å²) in [6.07, 6.45) is 3.27. The van der Waals surface area contributed by atoms with Crippen molar-refractivity contribution in [3.05, 3.63) is 34.9 Å². The molecule has 0 unspecified atom stereocenters. The van der Waals surface area contributed by atoms with Crippen LogP contribution in [-0.2, 0) is 16.0 Å². The summed E-state index contributed by atoms with van der Waals surface area (Å²) in [6, 6.07) is 8.15. The van der Waals surface area contributed by atoms with Gasteiger partial charge in [0, 0.05) is 77.8 Å². The van der Waals surface area contributed by atoms with Gasteiger partial charge in [-0.3, -0.25) is 9.89 Å². The van der Waals surface area contributed by atoms with Gasteiger partial charge < -0.3 is 19.7 Å². The van der Waals surface area contributed by atoms with Crippen LogP contribution < -0.4 is 5.32 Å². The summed E-state index contributed by atoms with van der Waals surface area (Å²) in [5.74, 6) is 1.68. The average molecular weight is 423 g/mol. The number of halogens is 1. The number of guanidine groups is 1. The van der Waals surface area contributed by atoms with Crippen LogP contribution in [0, 0.1) is 5.92 Å². The third-order valence-corrected chi connectivity index (χ3v) is 5.90. The highest BCUT2D eigenvalue weighted by Gasteiger charge is 2.19. The molecule has 0 atom stereocenters. The van der Waals surface area contributed by atoms with E-state index in [9.17, 15) is 0 Å². The Morgan fingerprint density at radius 2 is 1.90 bits per heavy atom. The lowest BCUT2D eigenvalue weighted by Gasteiger charge is -2.36. The molecule has 1 N–H and O–H groups in total. The molecule has 2 aliphatic rings. The van der Waals surface area contributed by atoms with Gasteiger partial charge in [-0.2, -0.15) is 0 Å². The minimum atomic E-state index is 0.675. The highest BCUT2D eigenvalue weighted by molar-refractivity contribution is 6.30. The van der Waals surface area contributed by atoms with E-state index in [0.29, 0.717) is 5.92 Å². The number of nitrogens with one attached hydrogen (secondary N) is 1. The largest absolute Gasteiger partial charge is 0.381 e. The Hall–Kier alpha value is -1.34. The van der Waals surface area contributed by atoms with Crippen molar-refractivity contribution in [1.82, 2.24) is 15.1 Å². The van der Waals surface area contributed by atoms with E-state index in [1.165, 1.54) is 5.56 Å². The third-order valence-electron chi connectivity index (χ3n) is 5.65. The van der Waals surface area contributed by atoms with E-state index in [0.717, 1.165) is 95.9 Å². The molecule has 6 nitrogen and oxygen atoms in total. The number of hydrogen-bond acceptors (Lipinski definition) is 4. The monoisotopic (exact) mass is 422 g/mol. The smallest absolute Gasteiger partial charge is 0.193 e. The first-order valence-electron chi connectivity index (χ1n) is 10.8. The van der Waals surface area contributed by atoms with Crippen molar-refractivity contribution >= 4 is 17.6 Å². The third kappa shape index (κ3) is 7.78. The fourth-order valence-corrected chi connectivity index (χ4v) is 3.96. The lowest BCUT2D eigenvalue weighted by Crippen LogP contribution is -2.52. The lowest BCUT2D eigenvalue weighted by molar-refractivity contribution is 0.0203. The van der Waals surface area contributed by atoms with Crippen molar-refractivity contribution in [1.29, 1.82) is 0 Å².